The van der Waals surface area contributed by atoms with Gasteiger partial charge in [0.1, 0.15) is 6.21 Å². The number of hydrogen-bond donors (Lipinski definition) is 1. The number of hydrogen-bond acceptors (Lipinski definition) is 1. The summed E-state index contributed by atoms with van der Waals surface area (Å²) in [5.41, 5.74) is 0. The minimum absolute atomic E-state index is 0.764. The Morgan fingerprint density at radius 1 is 1.67 bits per heavy atom. The molecule has 0 radical (unpaired) electrons. The van der Waals surface area contributed by atoms with E-state index in [4.69, 9.17) is 0 Å². The summed E-state index contributed by atoms with van der Waals surface area (Å²) in [5.74, 6) is 0. The molecule has 1 aliphatic heterocycles. The molecule has 1 rings (SSSR count). The van der Waals surface area contributed by atoms with Gasteiger partial charge in [-0.05, 0) is 0 Å². The van der Waals surface area contributed by atoms with Gasteiger partial charge in [-0.25, -0.2) is 9.98 Å². The molecule has 1 heterocycles. The summed E-state index contributed by atoms with van der Waals surface area (Å²) in [4.78, 5) is 6.87. The molecular weight excluding hydrogens is 76.1 g/mol. The Labute approximate surface area is 36.6 Å². The Balaban J connectivity index is 2.40. The minimum Gasteiger partial charge on any atom is -0.232 e. The third-order valence-corrected chi connectivity index (χ3v) is 0.679. The highest BCUT2D eigenvalue weighted by atomic mass is 14.9. The van der Waals surface area contributed by atoms with E-state index in [0.29, 0.717) is 0 Å². The normalized spacial score (nSPS) is 18.7. The van der Waals surface area contributed by atoms with Crippen molar-refractivity contribution in [2.45, 2.75) is 6.42 Å². The Hall–Kier alpha value is -0.660. The van der Waals surface area contributed by atoms with Crippen LogP contribution in [0.1, 0.15) is 6.42 Å². The monoisotopic (exact) mass is 83.1 g/mol. The first-order valence-corrected chi connectivity index (χ1v) is 2.03. The molecule has 2 nitrogen and oxygen atoms in total. The topological polar surface area (TPSA) is 26.3 Å². The molecular formula is C4H7N2+. The van der Waals surface area contributed by atoms with Gasteiger partial charge < -0.3 is 0 Å². The van der Waals surface area contributed by atoms with Crippen LogP contribution in [0.3, 0.4) is 0 Å². The van der Waals surface area contributed by atoms with Crippen LogP contribution in [-0.2, 0) is 0 Å². The highest BCUT2D eigenvalue weighted by molar-refractivity contribution is 5.76. The van der Waals surface area contributed by atoms with E-state index < -0.39 is 0 Å². The van der Waals surface area contributed by atoms with Crippen molar-refractivity contribution in [1.82, 2.24) is 0 Å². The predicted molar refractivity (Wildman–Crippen MR) is 25.0 cm³/mol. The van der Waals surface area contributed by atoms with Crippen molar-refractivity contribution in [2.24, 2.45) is 4.99 Å². The van der Waals surface area contributed by atoms with Crippen LogP contribution in [-0.4, -0.2) is 19.1 Å². The third-order valence-electron chi connectivity index (χ3n) is 0.679. The highest BCUT2D eigenvalue weighted by Gasteiger charge is 1.83. The van der Waals surface area contributed by atoms with Crippen LogP contribution in [0.5, 0.6) is 0 Å². The maximum absolute atomic E-state index is 3.91. The molecule has 1 N–H and O–H groups in total. The maximum Gasteiger partial charge on any atom is 0.233 e. The summed E-state index contributed by atoms with van der Waals surface area (Å²) in [6.45, 7) is 0.764. The van der Waals surface area contributed by atoms with Crippen molar-refractivity contribution in [3.05, 3.63) is 0 Å². The molecule has 0 bridgehead atoms. The van der Waals surface area contributed by atoms with Gasteiger partial charge in [-0.1, -0.05) is 0 Å². The summed E-state index contributed by atoms with van der Waals surface area (Å²) in [6, 6.07) is 0. The van der Waals surface area contributed by atoms with Crippen molar-refractivity contribution in [2.75, 3.05) is 6.67 Å². The molecule has 0 saturated carbocycles. The van der Waals surface area contributed by atoms with Gasteiger partial charge in [0, 0.05) is 6.21 Å². The molecule has 0 aliphatic carbocycles. The lowest BCUT2D eigenvalue weighted by molar-refractivity contribution is -0.451. The fourth-order valence-electron chi connectivity index (χ4n) is 0.392. The molecule has 0 aromatic rings. The van der Waals surface area contributed by atoms with Crippen LogP contribution in [0.4, 0.5) is 0 Å². The summed E-state index contributed by atoms with van der Waals surface area (Å²) < 4.78 is 0. The van der Waals surface area contributed by atoms with E-state index in [0.717, 1.165) is 13.1 Å². The summed E-state index contributed by atoms with van der Waals surface area (Å²) >= 11 is 0. The zero-order valence-electron chi connectivity index (χ0n) is 3.52. The summed E-state index contributed by atoms with van der Waals surface area (Å²) in [5, 5.41) is 0. The van der Waals surface area contributed by atoms with Crippen LogP contribution in [0.2, 0.25) is 0 Å². The SMILES string of the molecule is C1=NC[NH+]=CC1. The van der Waals surface area contributed by atoms with Gasteiger partial charge in [-0.3, -0.25) is 0 Å². The highest BCUT2D eigenvalue weighted by Crippen LogP contribution is 1.63. The van der Waals surface area contributed by atoms with Gasteiger partial charge >= 0.3 is 0 Å². The molecule has 0 spiro atoms. The zero-order chi connectivity index (χ0) is 4.24. The molecule has 0 aromatic carbocycles. The van der Waals surface area contributed by atoms with Crippen molar-refractivity contribution in [1.29, 1.82) is 0 Å². The fourth-order valence-corrected chi connectivity index (χ4v) is 0.392. The van der Waals surface area contributed by atoms with E-state index in [2.05, 4.69) is 9.98 Å². The molecule has 32 valence electrons. The Morgan fingerprint density at radius 2 is 2.67 bits per heavy atom. The molecule has 0 aromatic heterocycles. The lowest BCUT2D eigenvalue weighted by Crippen LogP contribution is -2.69. The molecule has 1 aliphatic rings. The molecule has 0 fully saturated rings. The number of nitrogens with zero attached hydrogens (tertiary/aromatic N) is 1. The average Bonchev–Trinajstić information content (AvgIpc) is 1.72. The van der Waals surface area contributed by atoms with Gasteiger partial charge in [0.2, 0.25) is 6.67 Å². The molecule has 2 heteroatoms. The van der Waals surface area contributed by atoms with Crippen LogP contribution < -0.4 is 4.99 Å². The predicted octanol–water partition coefficient (Wildman–Crippen LogP) is -1.43. The second kappa shape index (κ2) is 1.70. The van der Waals surface area contributed by atoms with Gasteiger partial charge in [0.25, 0.3) is 0 Å². The number of nitrogens with one attached hydrogen (secondary N) is 1. The Kier molecular flexibility index (Phi) is 0.998. The zero-order valence-corrected chi connectivity index (χ0v) is 3.52. The van der Waals surface area contributed by atoms with Crippen molar-refractivity contribution in [3.63, 3.8) is 0 Å². The largest absolute Gasteiger partial charge is 0.233 e. The molecule has 0 saturated heterocycles. The Morgan fingerprint density at radius 3 is 2.83 bits per heavy atom. The van der Waals surface area contributed by atoms with Gasteiger partial charge in [-0.2, -0.15) is 0 Å². The van der Waals surface area contributed by atoms with Gasteiger partial charge in [0.15, 0.2) is 0 Å². The van der Waals surface area contributed by atoms with Crippen molar-refractivity contribution in [3.8, 4) is 0 Å². The van der Waals surface area contributed by atoms with Crippen molar-refractivity contribution < 1.29 is 4.99 Å². The lowest BCUT2D eigenvalue weighted by atomic mass is 10.5. The maximum atomic E-state index is 3.91. The third kappa shape index (κ3) is 0.641. The second-order valence-electron chi connectivity index (χ2n) is 1.17. The molecule has 0 amide bonds. The second-order valence-corrected chi connectivity index (χ2v) is 1.17. The first-order chi connectivity index (χ1) is 3.00. The number of rotatable bonds is 0. The quantitative estimate of drug-likeness (QED) is 0.371. The molecule has 0 atom stereocenters. The fraction of sp³-hybridized carbons (Fsp3) is 0.500. The van der Waals surface area contributed by atoms with Gasteiger partial charge in [0.05, 0.1) is 6.42 Å². The van der Waals surface area contributed by atoms with E-state index >= 15 is 0 Å². The minimum atomic E-state index is 0.764. The summed E-state index contributed by atoms with van der Waals surface area (Å²) in [6.07, 6.45) is 4.86. The summed E-state index contributed by atoms with van der Waals surface area (Å²) in [7, 11) is 0. The smallest absolute Gasteiger partial charge is 0.232 e. The first-order valence-electron chi connectivity index (χ1n) is 2.03. The molecule has 6 heavy (non-hydrogen) atoms. The van der Waals surface area contributed by atoms with E-state index in [1.165, 1.54) is 0 Å². The van der Waals surface area contributed by atoms with Crippen LogP contribution in [0, 0.1) is 0 Å². The standard InChI is InChI=1S/C4H6N2/c1-2-5-4-6-3-1/h2-3H,1,4H2/p+1. The number of aliphatic imine (C=N–C) groups is 1. The first kappa shape index (κ1) is 3.53. The van der Waals surface area contributed by atoms with Crippen LogP contribution in [0.15, 0.2) is 4.99 Å². The van der Waals surface area contributed by atoms with Crippen molar-refractivity contribution >= 4 is 12.4 Å². The van der Waals surface area contributed by atoms with E-state index in [1.54, 1.807) is 0 Å². The van der Waals surface area contributed by atoms with E-state index in [1.807, 2.05) is 12.4 Å². The lowest BCUT2D eigenvalue weighted by Gasteiger charge is -1.81. The van der Waals surface area contributed by atoms with E-state index in [9.17, 15) is 0 Å². The van der Waals surface area contributed by atoms with E-state index in [-0.39, 0.29) is 0 Å². The molecule has 0 unspecified atom stereocenters. The van der Waals surface area contributed by atoms with Gasteiger partial charge in [-0.15, -0.1) is 0 Å². The van der Waals surface area contributed by atoms with Crippen LogP contribution in [0.25, 0.3) is 0 Å². The average molecular weight is 83.1 g/mol. The Bertz CT molecular complexity index is 63.5. The van der Waals surface area contributed by atoms with Crippen LogP contribution >= 0.6 is 0 Å².